The Kier molecular flexibility index (Phi) is 3.44. The van der Waals surface area contributed by atoms with Crippen LogP contribution < -0.4 is 5.32 Å². The van der Waals surface area contributed by atoms with E-state index in [1.807, 2.05) is 6.26 Å². The third kappa shape index (κ3) is 3.15. The van der Waals surface area contributed by atoms with Crippen molar-refractivity contribution in [3.05, 3.63) is 23.7 Å². The molecule has 0 bridgehead atoms. The molecule has 18 heavy (non-hydrogen) atoms. The molecule has 0 aromatic carbocycles. The molecule has 2 unspecified atom stereocenters. The lowest BCUT2D eigenvalue weighted by Gasteiger charge is -2.16. The molecule has 1 aromatic heterocycles. The summed E-state index contributed by atoms with van der Waals surface area (Å²) in [6.07, 6.45) is 5.91. The Morgan fingerprint density at radius 2 is 2.22 bits per heavy atom. The van der Waals surface area contributed by atoms with E-state index >= 15 is 0 Å². The van der Waals surface area contributed by atoms with Crippen molar-refractivity contribution in [2.45, 2.75) is 45.3 Å². The second-order valence-electron chi connectivity index (χ2n) is 6.19. The Labute approximate surface area is 110 Å². The fourth-order valence-corrected chi connectivity index (χ4v) is 2.57. The SMILES string of the molecule is CC1CC1CN(C)Cc1occc1CNC1CC1. The molecular weight excluding hydrogens is 224 g/mol. The molecule has 1 aromatic rings. The zero-order chi connectivity index (χ0) is 12.5. The van der Waals surface area contributed by atoms with Gasteiger partial charge < -0.3 is 9.73 Å². The van der Waals surface area contributed by atoms with Gasteiger partial charge in [-0.25, -0.2) is 0 Å². The van der Waals surface area contributed by atoms with Crippen LogP contribution in [0.1, 0.15) is 37.5 Å². The third-order valence-corrected chi connectivity index (χ3v) is 4.23. The molecule has 0 saturated heterocycles. The van der Waals surface area contributed by atoms with Crippen LogP contribution in [0.5, 0.6) is 0 Å². The molecule has 2 fully saturated rings. The standard InChI is InChI=1S/C15H24N2O/c1-11-7-13(11)9-17(2)10-15-12(5-6-18-15)8-16-14-3-4-14/h5-6,11,13-14,16H,3-4,7-10H2,1-2H3. The van der Waals surface area contributed by atoms with Gasteiger partial charge in [0.25, 0.3) is 0 Å². The summed E-state index contributed by atoms with van der Waals surface area (Å²) in [6.45, 7) is 5.45. The van der Waals surface area contributed by atoms with Crippen molar-refractivity contribution in [1.82, 2.24) is 10.2 Å². The number of hydrogen-bond donors (Lipinski definition) is 1. The van der Waals surface area contributed by atoms with Gasteiger partial charge in [-0.2, -0.15) is 0 Å². The van der Waals surface area contributed by atoms with E-state index in [1.165, 1.54) is 31.4 Å². The zero-order valence-electron chi connectivity index (χ0n) is 11.5. The predicted molar refractivity (Wildman–Crippen MR) is 72.2 cm³/mol. The summed E-state index contributed by atoms with van der Waals surface area (Å²) in [5, 5.41) is 3.55. The maximum atomic E-state index is 5.64. The first kappa shape index (κ1) is 12.2. The maximum Gasteiger partial charge on any atom is 0.122 e. The van der Waals surface area contributed by atoms with Crippen molar-refractivity contribution in [3.8, 4) is 0 Å². The van der Waals surface area contributed by atoms with E-state index in [0.29, 0.717) is 0 Å². The summed E-state index contributed by atoms with van der Waals surface area (Å²) < 4.78 is 5.64. The monoisotopic (exact) mass is 248 g/mol. The van der Waals surface area contributed by atoms with Gasteiger partial charge in [0.15, 0.2) is 0 Å². The fraction of sp³-hybridized carbons (Fsp3) is 0.733. The lowest BCUT2D eigenvalue weighted by molar-refractivity contribution is 0.278. The van der Waals surface area contributed by atoms with Gasteiger partial charge in [-0.1, -0.05) is 6.92 Å². The molecule has 0 amide bonds. The van der Waals surface area contributed by atoms with Crippen molar-refractivity contribution in [2.75, 3.05) is 13.6 Å². The number of furan rings is 1. The molecule has 100 valence electrons. The quantitative estimate of drug-likeness (QED) is 0.804. The van der Waals surface area contributed by atoms with Crippen molar-refractivity contribution in [3.63, 3.8) is 0 Å². The largest absolute Gasteiger partial charge is 0.468 e. The molecule has 0 aliphatic heterocycles. The van der Waals surface area contributed by atoms with E-state index < -0.39 is 0 Å². The van der Waals surface area contributed by atoms with Crippen LogP contribution in [0.25, 0.3) is 0 Å². The predicted octanol–water partition coefficient (Wildman–Crippen LogP) is 2.62. The molecule has 3 heteroatoms. The van der Waals surface area contributed by atoms with E-state index in [9.17, 15) is 0 Å². The van der Waals surface area contributed by atoms with Crippen LogP contribution in [0.2, 0.25) is 0 Å². The molecule has 0 radical (unpaired) electrons. The van der Waals surface area contributed by atoms with Gasteiger partial charge in [0.1, 0.15) is 5.76 Å². The van der Waals surface area contributed by atoms with Gasteiger partial charge in [-0.05, 0) is 44.2 Å². The van der Waals surface area contributed by atoms with Crippen LogP contribution in [0.15, 0.2) is 16.7 Å². The molecular formula is C15H24N2O. The second kappa shape index (κ2) is 5.06. The number of nitrogens with zero attached hydrogens (tertiary/aromatic N) is 1. The number of hydrogen-bond acceptors (Lipinski definition) is 3. The minimum atomic E-state index is 0.762. The highest BCUT2D eigenvalue weighted by Gasteiger charge is 2.33. The highest BCUT2D eigenvalue weighted by molar-refractivity contribution is 5.17. The average Bonchev–Trinajstić information content (AvgIpc) is 3.22. The molecule has 3 nitrogen and oxygen atoms in total. The van der Waals surface area contributed by atoms with E-state index in [4.69, 9.17) is 4.42 Å². The molecule has 2 atom stereocenters. The van der Waals surface area contributed by atoms with Crippen molar-refractivity contribution in [2.24, 2.45) is 11.8 Å². The first-order valence-electron chi connectivity index (χ1n) is 7.19. The Balaban J connectivity index is 1.49. The second-order valence-corrected chi connectivity index (χ2v) is 6.19. The lowest BCUT2D eigenvalue weighted by Crippen LogP contribution is -2.22. The van der Waals surface area contributed by atoms with E-state index in [0.717, 1.165) is 36.7 Å². The topological polar surface area (TPSA) is 28.4 Å². The highest BCUT2D eigenvalue weighted by atomic mass is 16.3. The summed E-state index contributed by atoms with van der Waals surface area (Å²) in [7, 11) is 2.20. The normalized spacial score (nSPS) is 26.8. The van der Waals surface area contributed by atoms with Crippen molar-refractivity contribution in [1.29, 1.82) is 0 Å². The van der Waals surface area contributed by atoms with Crippen LogP contribution in [-0.4, -0.2) is 24.5 Å². The average molecular weight is 248 g/mol. The molecule has 1 N–H and O–H groups in total. The Hall–Kier alpha value is -0.800. The first-order chi connectivity index (χ1) is 8.72. The Morgan fingerprint density at radius 1 is 1.44 bits per heavy atom. The summed E-state index contributed by atoms with van der Waals surface area (Å²) in [4.78, 5) is 2.40. The van der Waals surface area contributed by atoms with Crippen LogP contribution in [-0.2, 0) is 13.1 Å². The van der Waals surface area contributed by atoms with Gasteiger partial charge in [-0.15, -0.1) is 0 Å². The molecule has 1 heterocycles. The molecule has 2 saturated carbocycles. The molecule has 3 rings (SSSR count). The zero-order valence-corrected chi connectivity index (χ0v) is 11.5. The maximum absolute atomic E-state index is 5.64. The number of rotatable bonds is 7. The number of nitrogens with one attached hydrogen (secondary N) is 1. The third-order valence-electron chi connectivity index (χ3n) is 4.23. The van der Waals surface area contributed by atoms with Crippen LogP contribution in [0, 0.1) is 11.8 Å². The smallest absolute Gasteiger partial charge is 0.122 e. The minimum absolute atomic E-state index is 0.762. The van der Waals surface area contributed by atoms with Gasteiger partial charge in [-0.3, -0.25) is 4.90 Å². The van der Waals surface area contributed by atoms with Crippen LogP contribution >= 0.6 is 0 Å². The van der Waals surface area contributed by atoms with E-state index in [1.54, 1.807) is 0 Å². The Morgan fingerprint density at radius 3 is 2.89 bits per heavy atom. The van der Waals surface area contributed by atoms with E-state index in [-0.39, 0.29) is 0 Å². The van der Waals surface area contributed by atoms with Gasteiger partial charge >= 0.3 is 0 Å². The lowest BCUT2D eigenvalue weighted by atomic mass is 10.2. The summed E-state index contributed by atoms with van der Waals surface area (Å²) in [5.74, 6) is 2.98. The molecule has 2 aliphatic rings. The fourth-order valence-electron chi connectivity index (χ4n) is 2.57. The first-order valence-corrected chi connectivity index (χ1v) is 7.19. The minimum Gasteiger partial charge on any atom is -0.468 e. The van der Waals surface area contributed by atoms with Crippen molar-refractivity contribution >= 4 is 0 Å². The van der Waals surface area contributed by atoms with Crippen molar-refractivity contribution < 1.29 is 4.42 Å². The molecule has 2 aliphatic carbocycles. The van der Waals surface area contributed by atoms with E-state index in [2.05, 4.69) is 30.3 Å². The van der Waals surface area contributed by atoms with Gasteiger partial charge in [0.05, 0.1) is 12.8 Å². The van der Waals surface area contributed by atoms with Gasteiger partial charge in [0.2, 0.25) is 0 Å². The highest BCUT2D eigenvalue weighted by Crippen LogP contribution is 2.38. The summed E-state index contributed by atoms with van der Waals surface area (Å²) in [6, 6.07) is 2.87. The van der Waals surface area contributed by atoms with Gasteiger partial charge in [0, 0.05) is 24.7 Å². The van der Waals surface area contributed by atoms with Crippen LogP contribution in [0.3, 0.4) is 0 Å². The summed E-state index contributed by atoms with van der Waals surface area (Å²) in [5.41, 5.74) is 1.33. The Bertz CT molecular complexity index is 397. The molecule has 0 spiro atoms. The summed E-state index contributed by atoms with van der Waals surface area (Å²) >= 11 is 0. The van der Waals surface area contributed by atoms with Crippen LogP contribution in [0.4, 0.5) is 0 Å².